The van der Waals surface area contributed by atoms with Crippen molar-refractivity contribution in [2.45, 2.75) is 26.9 Å². The van der Waals surface area contributed by atoms with Gasteiger partial charge in [0.25, 0.3) is 0 Å². The summed E-state index contributed by atoms with van der Waals surface area (Å²) in [5, 5.41) is 3.17. The fourth-order valence-electron chi connectivity index (χ4n) is 2.55. The first kappa shape index (κ1) is 13.1. The Hall–Kier alpha value is -1.94. The Balaban J connectivity index is 2.17. The first-order valence-corrected chi connectivity index (χ1v) is 6.92. The van der Waals surface area contributed by atoms with Crippen LogP contribution in [0.25, 0.3) is 11.4 Å². The fraction of sp³-hybridized carbons (Fsp3) is 0.375. The third-order valence-electron chi connectivity index (χ3n) is 3.90. The van der Waals surface area contributed by atoms with Crippen molar-refractivity contribution < 1.29 is 4.74 Å². The lowest BCUT2D eigenvalue weighted by Gasteiger charge is -2.20. The number of hydrogen-bond acceptors (Lipinski definition) is 4. The molecule has 3 rings (SSSR count). The van der Waals surface area contributed by atoms with E-state index in [2.05, 4.69) is 42.3 Å². The molecule has 4 nitrogen and oxygen atoms in total. The van der Waals surface area contributed by atoms with Gasteiger partial charge in [0, 0.05) is 24.6 Å². The summed E-state index contributed by atoms with van der Waals surface area (Å²) < 4.78 is 5.51. The second-order valence-corrected chi connectivity index (χ2v) is 5.12. The van der Waals surface area contributed by atoms with Gasteiger partial charge in [-0.05, 0) is 25.0 Å². The zero-order valence-corrected chi connectivity index (χ0v) is 12.2. The van der Waals surface area contributed by atoms with Gasteiger partial charge in [0.15, 0.2) is 5.82 Å². The van der Waals surface area contributed by atoms with Crippen LogP contribution in [0.4, 0.5) is 5.82 Å². The van der Waals surface area contributed by atoms with Gasteiger partial charge in [0.2, 0.25) is 0 Å². The molecule has 0 radical (unpaired) electrons. The molecule has 0 saturated heterocycles. The molecule has 0 aliphatic carbocycles. The topological polar surface area (TPSA) is 47.0 Å². The number of anilines is 1. The Labute approximate surface area is 119 Å². The maximum Gasteiger partial charge on any atom is 0.162 e. The van der Waals surface area contributed by atoms with Crippen molar-refractivity contribution in [3.63, 3.8) is 0 Å². The van der Waals surface area contributed by atoms with Gasteiger partial charge in [0.05, 0.1) is 18.9 Å². The standard InChI is InChI=1S/C16H19N3O/c1-10-5-4-6-12(11(10)2)16-18-14-7-8-20-9-13(14)15(17-3)19-16/h4-6H,7-9H2,1-3H3,(H,17,18,19). The summed E-state index contributed by atoms with van der Waals surface area (Å²) in [6, 6.07) is 6.26. The molecule has 0 spiro atoms. The van der Waals surface area contributed by atoms with Gasteiger partial charge in [-0.2, -0.15) is 0 Å². The molecule has 0 amide bonds. The second-order valence-electron chi connectivity index (χ2n) is 5.12. The largest absolute Gasteiger partial charge is 0.376 e. The number of aryl methyl sites for hydroxylation is 1. The quantitative estimate of drug-likeness (QED) is 0.910. The Morgan fingerprint density at radius 1 is 1.20 bits per heavy atom. The minimum Gasteiger partial charge on any atom is -0.376 e. The summed E-state index contributed by atoms with van der Waals surface area (Å²) in [6.07, 6.45) is 0.852. The molecular weight excluding hydrogens is 250 g/mol. The molecule has 1 aromatic heterocycles. The lowest BCUT2D eigenvalue weighted by atomic mass is 10.0. The third kappa shape index (κ3) is 2.16. The molecule has 2 heterocycles. The van der Waals surface area contributed by atoms with Gasteiger partial charge in [-0.3, -0.25) is 0 Å². The van der Waals surface area contributed by atoms with Crippen molar-refractivity contribution in [2.24, 2.45) is 0 Å². The van der Waals surface area contributed by atoms with Crippen LogP contribution in [-0.4, -0.2) is 23.6 Å². The zero-order chi connectivity index (χ0) is 14.1. The molecule has 1 aliphatic rings. The van der Waals surface area contributed by atoms with Gasteiger partial charge < -0.3 is 10.1 Å². The minimum atomic E-state index is 0.596. The monoisotopic (exact) mass is 269 g/mol. The summed E-state index contributed by atoms with van der Waals surface area (Å²) >= 11 is 0. The average Bonchev–Trinajstić information content (AvgIpc) is 2.49. The van der Waals surface area contributed by atoms with E-state index in [4.69, 9.17) is 9.72 Å². The van der Waals surface area contributed by atoms with Gasteiger partial charge in [-0.1, -0.05) is 18.2 Å². The third-order valence-corrected chi connectivity index (χ3v) is 3.90. The number of nitrogens with one attached hydrogen (secondary N) is 1. The summed E-state index contributed by atoms with van der Waals surface area (Å²) in [4.78, 5) is 9.44. The summed E-state index contributed by atoms with van der Waals surface area (Å²) in [5.74, 6) is 1.68. The predicted molar refractivity (Wildman–Crippen MR) is 79.8 cm³/mol. The van der Waals surface area contributed by atoms with E-state index in [1.54, 1.807) is 0 Å². The van der Waals surface area contributed by atoms with Crippen molar-refractivity contribution in [2.75, 3.05) is 19.0 Å². The summed E-state index contributed by atoms with van der Waals surface area (Å²) in [7, 11) is 1.89. The highest BCUT2D eigenvalue weighted by atomic mass is 16.5. The minimum absolute atomic E-state index is 0.596. The first-order chi connectivity index (χ1) is 9.70. The maximum atomic E-state index is 5.51. The van der Waals surface area contributed by atoms with Crippen LogP contribution in [0.5, 0.6) is 0 Å². The van der Waals surface area contributed by atoms with Crippen LogP contribution < -0.4 is 5.32 Å². The Morgan fingerprint density at radius 3 is 2.85 bits per heavy atom. The van der Waals surface area contributed by atoms with Crippen molar-refractivity contribution in [3.05, 3.63) is 40.6 Å². The van der Waals surface area contributed by atoms with Gasteiger partial charge >= 0.3 is 0 Å². The normalized spacial score (nSPS) is 13.9. The van der Waals surface area contributed by atoms with E-state index in [9.17, 15) is 0 Å². The lowest BCUT2D eigenvalue weighted by molar-refractivity contribution is 0.109. The van der Waals surface area contributed by atoms with E-state index in [0.717, 1.165) is 41.5 Å². The highest BCUT2D eigenvalue weighted by molar-refractivity contribution is 5.64. The van der Waals surface area contributed by atoms with Crippen LogP contribution in [0.15, 0.2) is 18.2 Å². The maximum absolute atomic E-state index is 5.51. The molecule has 1 aromatic carbocycles. The van der Waals surface area contributed by atoms with E-state index in [0.29, 0.717) is 6.61 Å². The van der Waals surface area contributed by atoms with E-state index < -0.39 is 0 Å². The number of nitrogens with zero attached hydrogens (tertiary/aromatic N) is 2. The molecule has 0 bridgehead atoms. The number of ether oxygens (including phenoxy) is 1. The SMILES string of the molecule is CNc1nc(-c2cccc(C)c2C)nc2c1COCC2. The molecule has 0 fully saturated rings. The van der Waals surface area contributed by atoms with Crippen LogP contribution in [-0.2, 0) is 17.8 Å². The lowest BCUT2D eigenvalue weighted by Crippen LogP contribution is -2.16. The molecule has 0 unspecified atom stereocenters. The molecule has 0 atom stereocenters. The number of aromatic nitrogens is 2. The summed E-state index contributed by atoms with van der Waals surface area (Å²) in [5.41, 5.74) is 5.80. The molecular formula is C16H19N3O. The molecule has 104 valence electrons. The number of benzene rings is 1. The number of rotatable bonds is 2. The van der Waals surface area contributed by atoms with Crippen LogP contribution in [0, 0.1) is 13.8 Å². The smallest absolute Gasteiger partial charge is 0.162 e. The number of fused-ring (bicyclic) bond motifs is 1. The van der Waals surface area contributed by atoms with E-state index in [1.165, 1.54) is 11.1 Å². The summed E-state index contributed by atoms with van der Waals surface area (Å²) in [6.45, 7) is 5.57. The zero-order valence-electron chi connectivity index (χ0n) is 12.2. The van der Waals surface area contributed by atoms with E-state index >= 15 is 0 Å². The highest BCUT2D eigenvalue weighted by Crippen LogP contribution is 2.28. The van der Waals surface area contributed by atoms with Crippen molar-refractivity contribution in [1.29, 1.82) is 0 Å². The molecule has 1 N–H and O–H groups in total. The van der Waals surface area contributed by atoms with Gasteiger partial charge in [0.1, 0.15) is 5.82 Å². The first-order valence-electron chi connectivity index (χ1n) is 6.92. The Bertz CT molecular complexity index is 635. The molecule has 4 heteroatoms. The van der Waals surface area contributed by atoms with E-state index in [1.807, 2.05) is 7.05 Å². The van der Waals surface area contributed by atoms with Crippen LogP contribution in [0.1, 0.15) is 22.4 Å². The Morgan fingerprint density at radius 2 is 2.05 bits per heavy atom. The Kier molecular flexibility index (Phi) is 3.40. The van der Waals surface area contributed by atoms with E-state index in [-0.39, 0.29) is 0 Å². The molecule has 0 saturated carbocycles. The molecule has 20 heavy (non-hydrogen) atoms. The molecule has 2 aromatic rings. The van der Waals surface area contributed by atoms with Crippen LogP contribution in [0.3, 0.4) is 0 Å². The second kappa shape index (κ2) is 5.21. The highest BCUT2D eigenvalue weighted by Gasteiger charge is 2.19. The van der Waals surface area contributed by atoms with Crippen LogP contribution in [0.2, 0.25) is 0 Å². The van der Waals surface area contributed by atoms with Crippen molar-refractivity contribution >= 4 is 5.82 Å². The van der Waals surface area contributed by atoms with Crippen molar-refractivity contribution in [1.82, 2.24) is 9.97 Å². The van der Waals surface area contributed by atoms with Gasteiger partial charge in [-0.25, -0.2) is 9.97 Å². The average molecular weight is 269 g/mol. The van der Waals surface area contributed by atoms with Crippen LogP contribution >= 0.6 is 0 Å². The fourth-order valence-corrected chi connectivity index (χ4v) is 2.55. The van der Waals surface area contributed by atoms with Crippen molar-refractivity contribution in [3.8, 4) is 11.4 Å². The molecule has 1 aliphatic heterocycles. The predicted octanol–water partition coefficient (Wildman–Crippen LogP) is 2.87. The van der Waals surface area contributed by atoms with Gasteiger partial charge in [-0.15, -0.1) is 0 Å². The number of hydrogen-bond donors (Lipinski definition) is 1.